The lowest BCUT2D eigenvalue weighted by atomic mass is 10.3. The summed E-state index contributed by atoms with van der Waals surface area (Å²) in [5, 5.41) is 0.577. The molecule has 1 heterocycles. The van der Waals surface area contributed by atoms with Gasteiger partial charge in [0.25, 0.3) is 10.0 Å². The minimum atomic E-state index is -3.73. The zero-order valence-corrected chi connectivity index (χ0v) is 14.0. The van der Waals surface area contributed by atoms with Crippen LogP contribution < -0.4 is 9.46 Å². The molecule has 24 heavy (non-hydrogen) atoms. The van der Waals surface area contributed by atoms with Gasteiger partial charge in [0.2, 0.25) is 5.88 Å². The van der Waals surface area contributed by atoms with Gasteiger partial charge in [0.15, 0.2) is 0 Å². The average molecular weight is 361 g/mol. The summed E-state index contributed by atoms with van der Waals surface area (Å²) in [5.74, 6) is 0.651. The monoisotopic (exact) mass is 360 g/mol. The van der Waals surface area contributed by atoms with E-state index in [4.69, 9.17) is 16.3 Å². The van der Waals surface area contributed by atoms with Gasteiger partial charge in [-0.1, -0.05) is 29.8 Å². The zero-order valence-electron chi connectivity index (χ0n) is 12.4. The molecule has 1 N–H and O–H groups in total. The molecule has 0 fully saturated rings. The summed E-state index contributed by atoms with van der Waals surface area (Å²) in [5.41, 5.74) is 0.247. The number of pyridine rings is 1. The Balaban J connectivity index is 1.88. The smallest absolute Gasteiger partial charge is 0.262 e. The highest BCUT2D eigenvalue weighted by Gasteiger charge is 2.17. The van der Waals surface area contributed by atoms with Crippen LogP contribution in [0.5, 0.6) is 11.6 Å². The van der Waals surface area contributed by atoms with E-state index in [2.05, 4.69) is 9.71 Å². The summed E-state index contributed by atoms with van der Waals surface area (Å²) < 4.78 is 33.0. The quantitative estimate of drug-likeness (QED) is 0.735. The van der Waals surface area contributed by atoms with Crippen molar-refractivity contribution < 1.29 is 13.2 Å². The SMILES string of the molecule is O=S(=O)(Nc1cccnc1Oc1ccc(Cl)cc1)c1ccccc1. The highest BCUT2D eigenvalue weighted by Crippen LogP contribution is 2.29. The third-order valence-electron chi connectivity index (χ3n) is 3.10. The van der Waals surface area contributed by atoms with Crippen molar-refractivity contribution in [3.8, 4) is 11.6 Å². The van der Waals surface area contributed by atoms with E-state index in [1.807, 2.05) is 0 Å². The fourth-order valence-electron chi connectivity index (χ4n) is 1.97. The number of hydrogen-bond acceptors (Lipinski definition) is 4. The van der Waals surface area contributed by atoms with E-state index in [0.29, 0.717) is 10.8 Å². The fourth-order valence-corrected chi connectivity index (χ4v) is 3.17. The van der Waals surface area contributed by atoms with E-state index >= 15 is 0 Å². The van der Waals surface area contributed by atoms with E-state index in [9.17, 15) is 8.42 Å². The summed E-state index contributed by atoms with van der Waals surface area (Å²) in [6.07, 6.45) is 1.52. The number of anilines is 1. The number of benzene rings is 2. The van der Waals surface area contributed by atoms with E-state index in [1.165, 1.54) is 18.3 Å². The Kier molecular flexibility index (Phi) is 4.69. The molecule has 0 atom stereocenters. The Labute approximate surface area is 144 Å². The van der Waals surface area contributed by atoms with E-state index in [-0.39, 0.29) is 16.5 Å². The first kappa shape index (κ1) is 16.3. The fraction of sp³-hybridized carbons (Fsp3) is 0. The van der Waals surface area contributed by atoms with Crippen molar-refractivity contribution in [2.24, 2.45) is 0 Å². The van der Waals surface area contributed by atoms with Gasteiger partial charge in [0.1, 0.15) is 11.4 Å². The van der Waals surface area contributed by atoms with Crippen LogP contribution in [0, 0.1) is 0 Å². The molecule has 0 saturated carbocycles. The highest BCUT2D eigenvalue weighted by molar-refractivity contribution is 7.92. The van der Waals surface area contributed by atoms with Crippen molar-refractivity contribution in [3.63, 3.8) is 0 Å². The molecular formula is C17H13ClN2O3S. The Bertz CT molecular complexity index is 930. The van der Waals surface area contributed by atoms with Gasteiger partial charge in [-0.25, -0.2) is 13.4 Å². The molecule has 5 nitrogen and oxygen atoms in total. The Morgan fingerprint density at radius 3 is 2.33 bits per heavy atom. The summed E-state index contributed by atoms with van der Waals surface area (Å²) in [4.78, 5) is 4.25. The summed E-state index contributed by atoms with van der Waals surface area (Å²) in [6, 6.07) is 18.0. The summed E-state index contributed by atoms with van der Waals surface area (Å²) in [6.45, 7) is 0. The molecule has 0 aliphatic heterocycles. The van der Waals surface area contributed by atoms with Crippen molar-refractivity contribution in [3.05, 3.63) is 77.9 Å². The molecule has 0 saturated heterocycles. The standard InChI is InChI=1S/C17H13ClN2O3S/c18-13-8-10-14(11-9-13)23-17-16(7-4-12-19-17)20-24(21,22)15-5-2-1-3-6-15/h1-12,20H. The van der Waals surface area contributed by atoms with E-state index in [1.54, 1.807) is 54.6 Å². The molecule has 0 aliphatic rings. The lowest BCUT2D eigenvalue weighted by molar-refractivity contribution is 0.465. The van der Waals surface area contributed by atoms with Crippen LogP contribution >= 0.6 is 11.6 Å². The Morgan fingerprint density at radius 2 is 1.62 bits per heavy atom. The van der Waals surface area contributed by atoms with Crippen LogP contribution in [0.15, 0.2) is 77.8 Å². The predicted molar refractivity (Wildman–Crippen MR) is 93.0 cm³/mol. The van der Waals surface area contributed by atoms with Crippen LogP contribution in [-0.4, -0.2) is 13.4 Å². The number of aromatic nitrogens is 1. The van der Waals surface area contributed by atoms with Gasteiger partial charge in [-0.05, 0) is 48.5 Å². The minimum absolute atomic E-state index is 0.152. The highest BCUT2D eigenvalue weighted by atomic mass is 35.5. The normalized spacial score (nSPS) is 11.0. The van der Waals surface area contributed by atoms with Crippen molar-refractivity contribution >= 4 is 27.3 Å². The summed E-state index contributed by atoms with van der Waals surface area (Å²) in [7, 11) is -3.73. The molecule has 7 heteroatoms. The van der Waals surface area contributed by atoms with E-state index < -0.39 is 10.0 Å². The third kappa shape index (κ3) is 3.84. The maximum Gasteiger partial charge on any atom is 0.262 e. The molecule has 2 aromatic carbocycles. The maximum atomic E-state index is 12.4. The zero-order chi connectivity index (χ0) is 17.0. The number of hydrogen-bond donors (Lipinski definition) is 1. The number of sulfonamides is 1. The lowest BCUT2D eigenvalue weighted by Gasteiger charge is -2.12. The van der Waals surface area contributed by atoms with Crippen molar-refractivity contribution in [2.75, 3.05) is 4.72 Å². The first-order chi connectivity index (χ1) is 11.5. The molecule has 0 bridgehead atoms. The Hall–Kier alpha value is -2.57. The minimum Gasteiger partial charge on any atom is -0.437 e. The average Bonchev–Trinajstić information content (AvgIpc) is 2.59. The van der Waals surface area contributed by atoms with E-state index in [0.717, 1.165) is 0 Å². The second-order valence-corrected chi connectivity index (χ2v) is 6.95. The number of nitrogens with one attached hydrogen (secondary N) is 1. The largest absolute Gasteiger partial charge is 0.437 e. The maximum absolute atomic E-state index is 12.4. The molecule has 3 rings (SSSR count). The van der Waals surface area contributed by atoms with Crippen molar-refractivity contribution in [1.82, 2.24) is 4.98 Å². The molecular weight excluding hydrogens is 348 g/mol. The number of rotatable bonds is 5. The van der Waals surface area contributed by atoms with Gasteiger partial charge in [-0.3, -0.25) is 4.72 Å². The first-order valence-corrected chi connectivity index (χ1v) is 8.87. The number of ether oxygens (including phenoxy) is 1. The molecule has 1 aromatic heterocycles. The molecule has 0 amide bonds. The number of halogens is 1. The second kappa shape index (κ2) is 6.90. The van der Waals surface area contributed by atoms with Gasteiger partial charge in [-0.2, -0.15) is 0 Å². The van der Waals surface area contributed by atoms with Crippen LogP contribution in [0.3, 0.4) is 0 Å². The van der Waals surface area contributed by atoms with Crippen LogP contribution in [-0.2, 0) is 10.0 Å². The number of nitrogens with zero attached hydrogens (tertiary/aromatic N) is 1. The topological polar surface area (TPSA) is 68.3 Å². The van der Waals surface area contributed by atoms with Gasteiger partial charge in [0.05, 0.1) is 4.90 Å². The van der Waals surface area contributed by atoms with Gasteiger partial charge < -0.3 is 4.74 Å². The van der Waals surface area contributed by atoms with Gasteiger partial charge in [-0.15, -0.1) is 0 Å². The molecule has 122 valence electrons. The molecule has 0 unspecified atom stereocenters. The lowest BCUT2D eigenvalue weighted by Crippen LogP contribution is -2.13. The van der Waals surface area contributed by atoms with Crippen LogP contribution in [0.25, 0.3) is 0 Å². The molecule has 3 aromatic rings. The van der Waals surface area contributed by atoms with Crippen molar-refractivity contribution in [1.29, 1.82) is 0 Å². The first-order valence-electron chi connectivity index (χ1n) is 7.01. The Morgan fingerprint density at radius 1 is 0.917 bits per heavy atom. The predicted octanol–water partition coefficient (Wildman–Crippen LogP) is 4.33. The third-order valence-corrected chi connectivity index (χ3v) is 4.73. The van der Waals surface area contributed by atoms with Crippen LogP contribution in [0.4, 0.5) is 5.69 Å². The molecule has 0 aliphatic carbocycles. The molecule has 0 radical (unpaired) electrons. The van der Waals surface area contributed by atoms with Crippen LogP contribution in [0.1, 0.15) is 0 Å². The van der Waals surface area contributed by atoms with Crippen LogP contribution in [0.2, 0.25) is 5.02 Å². The van der Waals surface area contributed by atoms with Gasteiger partial charge in [0, 0.05) is 11.2 Å². The second-order valence-electron chi connectivity index (χ2n) is 4.83. The van der Waals surface area contributed by atoms with Crippen molar-refractivity contribution in [2.45, 2.75) is 4.90 Å². The van der Waals surface area contributed by atoms with Gasteiger partial charge >= 0.3 is 0 Å². The molecule has 0 spiro atoms. The summed E-state index contributed by atoms with van der Waals surface area (Å²) >= 11 is 5.84.